The lowest BCUT2D eigenvalue weighted by atomic mass is 10.1. The monoisotopic (exact) mass is 236 g/mol. The van der Waals surface area contributed by atoms with E-state index in [1.54, 1.807) is 0 Å². The molecule has 1 N–H and O–H groups in total. The zero-order valence-corrected chi connectivity index (χ0v) is 10.6. The average Bonchev–Trinajstić information content (AvgIpc) is 2.51. The minimum atomic E-state index is 0.203. The second-order valence-corrected chi connectivity index (χ2v) is 4.66. The van der Waals surface area contributed by atoms with Gasteiger partial charge in [0, 0.05) is 36.6 Å². The Hall–Kier alpha value is -1.13. The van der Waals surface area contributed by atoms with Crippen LogP contribution >= 0.6 is 0 Å². The number of nitrogens with one attached hydrogen (secondary N) is 1. The maximum absolute atomic E-state index is 12.2. The molecule has 17 heavy (non-hydrogen) atoms. The summed E-state index contributed by atoms with van der Waals surface area (Å²) in [6, 6.07) is 1.94. The van der Waals surface area contributed by atoms with Crippen LogP contribution < -0.4 is 0 Å². The highest BCUT2D eigenvalue weighted by molar-refractivity contribution is 5.98. The van der Waals surface area contributed by atoms with Gasteiger partial charge in [0.25, 0.3) is 0 Å². The Kier molecular flexibility index (Phi) is 3.97. The molecular formula is C13H20N2O2. The van der Waals surface area contributed by atoms with Gasteiger partial charge in [-0.25, -0.2) is 0 Å². The van der Waals surface area contributed by atoms with Crippen LogP contribution in [0.1, 0.15) is 28.2 Å². The molecule has 0 spiro atoms. The standard InChI is InChI=1S/C13H20N2O2/c1-10-8-12(11(2)14-10)13(16)9-15-4-3-6-17-7-5-15/h8,14H,3-7,9H2,1-2H3. The molecule has 0 unspecified atom stereocenters. The van der Waals surface area contributed by atoms with Gasteiger partial charge in [-0.2, -0.15) is 0 Å². The molecule has 1 aromatic rings. The van der Waals surface area contributed by atoms with Crippen molar-refractivity contribution >= 4 is 5.78 Å². The van der Waals surface area contributed by atoms with Gasteiger partial charge in [-0.3, -0.25) is 9.69 Å². The van der Waals surface area contributed by atoms with E-state index >= 15 is 0 Å². The Balaban J connectivity index is 1.98. The molecule has 1 aromatic heterocycles. The van der Waals surface area contributed by atoms with Crippen molar-refractivity contribution in [2.75, 3.05) is 32.8 Å². The first-order valence-corrected chi connectivity index (χ1v) is 6.16. The van der Waals surface area contributed by atoms with Crippen LogP contribution in [0.4, 0.5) is 0 Å². The molecule has 0 aliphatic carbocycles. The Bertz CT molecular complexity index is 390. The van der Waals surface area contributed by atoms with Crippen LogP contribution in [-0.4, -0.2) is 48.5 Å². The van der Waals surface area contributed by atoms with Gasteiger partial charge in [-0.05, 0) is 26.3 Å². The van der Waals surface area contributed by atoms with E-state index in [1.165, 1.54) is 0 Å². The number of aryl methyl sites for hydroxylation is 2. The number of hydrogen-bond acceptors (Lipinski definition) is 3. The summed E-state index contributed by atoms with van der Waals surface area (Å²) >= 11 is 0. The molecule has 2 rings (SSSR count). The highest BCUT2D eigenvalue weighted by atomic mass is 16.5. The van der Waals surface area contributed by atoms with E-state index in [0.29, 0.717) is 6.54 Å². The molecule has 94 valence electrons. The van der Waals surface area contributed by atoms with Crippen molar-refractivity contribution in [2.24, 2.45) is 0 Å². The number of rotatable bonds is 3. The summed E-state index contributed by atoms with van der Waals surface area (Å²) in [6.07, 6.45) is 1.01. The van der Waals surface area contributed by atoms with E-state index in [0.717, 1.165) is 49.7 Å². The third kappa shape index (κ3) is 3.17. The lowest BCUT2D eigenvalue weighted by Gasteiger charge is -2.17. The molecule has 0 amide bonds. The van der Waals surface area contributed by atoms with Crippen LogP contribution in [0.25, 0.3) is 0 Å². The topological polar surface area (TPSA) is 45.3 Å². The molecule has 2 heterocycles. The number of carbonyl (C=O) groups excluding carboxylic acids is 1. The van der Waals surface area contributed by atoms with Crippen molar-refractivity contribution in [1.82, 2.24) is 9.88 Å². The van der Waals surface area contributed by atoms with Crippen molar-refractivity contribution in [3.05, 3.63) is 23.0 Å². The number of carbonyl (C=O) groups is 1. The van der Waals surface area contributed by atoms with Gasteiger partial charge in [0.1, 0.15) is 0 Å². The average molecular weight is 236 g/mol. The predicted molar refractivity (Wildman–Crippen MR) is 66.5 cm³/mol. The molecular weight excluding hydrogens is 216 g/mol. The minimum absolute atomic E-state index is 0.203. The predicted octanol–water partition coefficient (Wildman–Crippen LogP) is 1.54. The van der Waals surface area contributed by atoms with Crippen LogP contribution in [0.15, 0.2) is 6.07 Å². The molecule has 0 aromatic carbocycles. The maximum Gasteiger partial charge on any atom is 0.178 e. The molecule has 0 bridgehead atoms. The summed E-state index contributed by atoms with van der Waals surface area (Å²) in [4.78, 5) is 17.5. The van der Waals surface area contributed by atoms with Crippen LogP contribution in [-0.2, 0) is 4.74 Å². The van der Waals surface area contributed by atoms with E-state index in [1.807, 2.05) is 19.9 Å². The molecule has 4 nitrogen and oxygen atoms in total. The first-order chi connectivity index (χ1) is 8.16. The number of Topliss-reactive ketones (excluding diaryl/α,β-unsaturated/α-hetero) is 1. The van der Waals surface area contributed by atoms with Crippen molar-refractivity contribution < 1.29 is 9.53 Å². The third-order valence-electron chi connectivity index (χ3n) is 3.13. The van der Waals surface area contributed by atoms with Crippen molar-refractivity contribution in [3.8, 4) is 0 Å². The Morgan fingerprint density at radius 1 is 1.41 bits per heavy atom. The third-order valence-corrected chi connectivity index (χ3v) is 3.13. The summed E-state index contributed by atoms with van der Waals surface area (Å²) in [5, 5.41) is 0. The Morgan fingerprint density at radius 3 is 2.94 bits per heavy atom. The fourth-order valence-electron chi connectivity index (χ4n) is 2.26. The number of ether oxygens (including phenoxy) is 1. The van der Waals surface area contributed by atoms with E-state index in [2.05, 4.69) is 9.88 Å². The molecule has 1 aliphatic heterocycles. The molecule has 0 atom stereocenters. The second kappa shape index (κ2) is 5.47. The smallest absolute Gasteiger partial charge is 0.178 e. The lowest BCUT2D eigenvalue weighted by Crippen LogP contribution is -2.32. The van der Waals surface area contributed by atoms with Gasteiger partial charge in [0.05, 0.1) is 13.2 Å². The van der Waals surface area contributed by atoms with E-state index in [9.17, 15) is 4.79 Å². The van der Waals surface area contributed by atoms with Crippen LogP contribution in [0.3, 0.4) is 0 Å². The molecule has 1 fully saturated rings. The largest absolute Gasteiger partial charge is 0.380 e. The summed E-state index contributed by atoms with van der Waals surface area (Å²) in [5.41, 5.74) is 2.84. The SMILES string of the molecule is Cc1cc(C(=O)CN2CCCOCC2)c(C)[nH]1. The molecule has 1 saturated heterocycles. The van der Waals surface area contributed by atoms with Gasteiger partial charge in [0.2, 0.25) is 0 Å². The number of hydrogen-bond donors (Lipinski definition) is 1. The summed E-state index contributed by atoms with van der Waals surface area (Å²) in [5.74, 6) is 0.203. The zero-order valence-electron chi connectivity index (χ0n) is 10.6. The second-order valence-electron chi connectivity index (χ2n) is 4.66. The van der Waals surface area contributed by atoms with Crippen molar-refractivity contribution in [1.29, 1.82) is 0 Å². The van der Waals surface area contributed by atoms with E-state index in [-0.39, 0.29) is 5.78 Å². The number of nitrogens with zero attached hydrogens (tertiary/aromatic N) is 1. The van der Waals surface area contributed by atoms with E-state index < -0.39 is 0 Å². The Morgan fingerprint density at radius 2 is 2.24 bits per heavy atom. The first kappa shape index (κ1) is 12.3. The highest BCUT2D eigenvalue weighted by Crippen LogP contribution is 2.11. The number of ketones is 1. The summed E-state index contributed by atoms with van der Waals surface area (Å²) in [7, 11) is 0. The lowest BCUT2D eigenvalue weighted by molar-refractivity contribution is 0.0922. The van der Waals surface area contributed by atoms with Gasteiger partial charge in [-0.15, -0.1) is 0 Å². The zero-order chi connectivity index (χ0) is 12.3. The first-order valence-electron chi connectivity index (χ1n) is 6.16. The van der Waals surface area contributed by atoms with Gasteiger partial charge >= 0.3 is 0 Å². The summed E-state index contributed by atoms with van der Waals surface area (Å²) < 4.78 is 5.38. The number of H-pyrrole nitrogens is 1. The highest BCUT2D eigenvalue weighted by Gasteiger charge is 2.16. The van der Waals surface area contributed by atoms with Crippen molar-refractivity contribution in [2.45, 2.75) is 20.3 Å². The maximum atomic E-state index is 12.2. The Labute approximate surface area is 102 Å². The van der Waals surface area contributed by atoms with Gasteiger partial charge < -0.3 is 9.72 Å². The molecule has 0 saturated carbocycles. The number of aromatic nitrogens is 1. The molecule has 1 aliphatic rings. The van der Waals surface area contributed by atoms with Crippen LogP contribution in [0.2, 0.25) is 0 Å². The van der Waals surface area contributed by atoms with Gasteiger partial charge in [-0.1, -0.05) is 0 Å². The van der Waals surface area contributed by atoms with E-state index in [4.69, 9.17) is 4.74 Å². The van der Waals surface area contributed by atoms with Crippen molar-refractivity contribution in [3.63, 3.8) is 0 Å². The number of aromatic amines is 1. The quantitative estimate of drug-likeness (QED) is 0.810. The van der Waals surface area contributed by atoms with Gasteiger partial charge in [0.15, 0.2) is 5.78 Å². The fourth-order valence-corrected chi connectivity index (χ4v) is 2.26. The molecule has 4 heteroatoms. The summed E-state index contributed by atoms with van der Waals surface area (Å²) in [6.45, 7) is 7.78. The van der Waals surface area contributed by atoms with Crippen LogP contribution in [0.5, 0.6) is 0 Å². The fraction of sp³-hybridized carbons (Fsp3) is 0.615. The van der Waals surface area contributed by atoms with Crippen LogP contribution in [0, 0.1) is 13.8 Å². The normalized spacial score (nSPS) is 18.0. The molecule has 0 radical (unpaired) electrons. The minimum Gasteiger partial charge on any atom is -0.380 e.